The van der Waals surface area contributed by atoms with E-state index in [2.05, 4.69) is 10.6 Å². The Morgan fingerprint density at radius 2 is 1.71 bits per heavy atom. The quantitative estimate of drug-likeness (QED) is 0.469. The summed E-state index contributed by atoms with van der Waals surface area (Å²) in [5.41, 5.74) is 3.14. The van der Waals surface area contributed by atoms with Gasteiger partial charge in [-0.15, -0.1) is 0 Å². The zero-order valence-electron chi connectivity index (χ0n) is 16.3. The molecule has 2 N–H and O–H groups in total. The third-order valence-corrected chi connectivity index (χ3v) is 4.61. The molecule has 0 atom stereocenters. The molecule has 0 fully saturated rings. The summed E-state index contributed by atoms with van der Waals surface area (Å²) in [6.45, 7) is 1.84. The second-order valence-corrected chi connectivity index (χ2v) is 6.90. The van der Waals surface area contributed by atoms with Crippen molar-refractivity contribution < 1.29 is 23.9 Å². The number of ether oxygens (including phenoxy) is 1. The van der Waals surface area contributed by atoms with Crippen molar-refractivity contribution in [2.75, 3.05) is 19.7 Å². The van der Waals surface area contributed by atoms with E-state index in [1.165, 1.54) is 17.5 Å². The number of hydrogen-bond donors (Lipinski definition) is 2. The molecule has 0 unspecified atom stereocenters. The molecule has 0 heterocycles. The van der Waals surface area contributed by atoms with Gasteiger partial charge in [-0.2, -0.15) is 0 Å². The highest BCUT2D eigenvalue weighted by Gasteiger charge is 2.15. The molecule has 0 saturated heterocycles. The largest absolute Gasteiger partial charge is 0.456 e. The van der Waals surface area contributed by atoms with Crippen LogP contribution in [0.25, 0.3) is 0 Å². The lowest BCUT2D eigenvalue weighted by atomic mass is 9.89. The van der Waals surface area contributed by atoms with Crippen LogP contribution in [-0.2, 0) is 32.0 Å². The Morgan fingerprint density at radius 1 is 0.964 bits per heavy atom. The molecule has 2 amide bonds. The van der Waals surface area contributed by atoms with Gasteiger partial charge in [0.25, 0.3) is 5.91 Å². The molecular formula is C21H28N2O5. The molecule has 28 heavy (non-hydrogen) atoms. The summed E-state index contributed by atoms with van der Waals surface area (Å²) >= 11 is 0. The number of hydrogen-bond acceptors (Lipinski definition) is 5. The molecule has 1 aromatic rings. The van der Waals surface area contributed by atoms with Gasteiger partial charge in [0, 0.05) is 18.5 Å². The summed E-state index contributed by atoms with van der Waals surface area (Å²) in [6.07, 6.45) is 5.13. The molecule has 0 saturated carbocycles. The van der Waals surface area contributed by atoms with Crippen molar-refractivity contribution in [2.45, 2.75) is 51.9 Å². The number of amides is 2. The molecule has 0 radical (unpaired) electrons. The fourth-order valence-corrected chi connectivity index (χ4v) is 3.04. The van der Waals surface area contributed by atoms with Crippen LogP contribution in [0.2, 0.25) is 0 Å². The predicted octanol–water partition coefficient (Wildman–Crippen LogP) is 1.71. The molecule has 0 aliphatic heterocycles. The van der Waals surface area contributed by atoms with Gasteiger partial charge in [0.2, 0.25) is 5.91 Å². The van der Waals surface area contributed by atoms with Crippen molar-refractivity contribution in [2.24, 2.45) is 0 Å². The molecule has 7 heteroatoms. The monoisotopic (exact) mass is 388 g/mol. The average molecular weight is 388 g/mol. The predicted molar refractivity (Wildman–Crippen MR) is 104 cm³/mol. The van der Waals surface area contributed by atoms with E-state index in [0.29, 0.717) is 12.1 Å². The van der Waals surface area contributed by atoms with Crippen LogP contribution < -0.4 is 10.6 Å². The van der Waals surface area contributed by atoms with E-state index in [9.17, 15) is 19.2 Å². The second-order valence-electron chi connectivity index (χ2n) is 6.90. The van der Waals surface area contributed by atoms with Gasteiger partial charge in [0.15, 0.2) is 12.4 Å². The Bertz CT molecular complexity index is 730. The summed E-state index contributed by atoms with van der Waals surface area (Å²) < 4.78 is 4.86. The number of rotatable bonds is 10. The molecule has 0 spiro atoms. The van der Waals surface area contributed by atoms with Crippen molar-refractivity contribution >= 4 is 23.6 Å². The van der Waals surface area contributed by atoms with Gasteiger partial charge in [-0.3, -0.25) is 19.2 Å². The van der Waals surface area contributed by atoms with Crippen LogP contribution in [0.1, 0.15) is 60.5 Å². The van der Waals surface area contributed by atoms with E-state index in [4.69, 9.17) is 4.74 Å². The standard InChI is InChI=1S/C21H28N2O5/c1-2-11-22-19(25)13-23-20(26)14-28-21(27)10-9-18(24)17-8-7-15-5-3-4-6-16(15)12-17/h7-8,12H,2-6,9-11,13-14H2,1H3,(H,22,25)(H,23,26). The molecule has 0 aromatic heterocycles. The Balaban J connectivity index is 1.67. The van der Waals surface area contributed by atoms with Gasteiger partial charge in [-0.25, -0.2) is 0 Å². The molecular weight excluding hydrogens is 360 g/mol. The zero-order chi connectivity index (χ0) is 20.4. The highest BCUT2D eigenvalue weighted by Crippen LogP contribution is 2.22. The number of carbonyl (C=O) groups excluding carboxylic acids is 4. The second kappa shape index (κ2) is 11.2. The number of nitrogens with one attached hydrogen (secondary N) is 2. The highest BCUT2D eigenvalue weighted by molar-refractivity contribution is 5.98. The Kier molecular flexibility index (Phi) is 8.65. The van der Waals surface area contributed by atoms with Crippen LogP contribution in [0, 0.1) is 0 Å². The summed E-state index contributed by atoms with van der Waals surface area (Å²) in [4.78, 5) is 47.0. The minimum atomic E-state index is -0.614. The Labute approximate surface area is 165 Å². The number of aryl methyl sites for hydroxylation is 2. The lowest BCUT2D eigenvalue weighted by Gasteiger charge is -2.16. The van der Waals surface area contributed by atoms with E-state index in [-0.39, 0.29) is 31.1 Å². The first-order valence-corrected chi connectivity index (χ1v) is 9.83. The Morgan fingerprint density at radius 3 is 2.46 bits per heavy atom. The lowest BCUT2D eigenvalue weighted by molar-refractivity contribution is -0.148. The first-order valence-electron chi connectivity index (χ1n) is 9.83. The van der Waals surface area contributed by atoms with Crippen LogP contribution in [-0.4, -0.2) is 43.3 Å². The van der Waals surface area contributed by atoms with E-state index in [1.54, 1.807) is 0 Å². The number of Topliss-reactive ketones (excluding diaryl/α,β-unsaturated/α-hetero) is 1. The van der Waals surface area contributed by atoms with Gasteiger partial charge in [0.05, 0.1) is 13.0 Å². The van der Waals surface area contributed by atoms with Crippen molar-refractivity contribution in [3.05, 3.63) is 34.9 Å². The van der Waals surface area contributed by atoms with Crippen LogP contribution >= 0.6 is 0 Å². The molecule has 1 aromatic carbocycles. The minimum Gasteiger partial charge on any atom is -0.456 e. The molecule has 0 bridgehead atoms. The van der Waals surface area contributed by atoms with Crippen molar-refractivity contribution in [3.63, 3.8) is 0 Å². The van der Waals surface area contributed by atoms with Gasteiger partial charge in [0.1, 0.15) is 0 Å². The molecule has 7 nitrogen and oxygen atoms in total. The van der Waals surface area contributed by atoms with Gasteiger partial charge >= 0.3 is 5.97 Å². The van der Waals surface area contributed by atoms with E-state index in [0.717, 1.165) is 25.7 Å². The molecule has 152 valence electrons. The van der Waals surface area contributed by atoms with Gasteiger partial charge < -0.3 is 15.4 Å². The number of carbonyl (C=O) groups is 4. The Hall–Kier alpha value is -2.70. The number of benzene rings is 1. The van der Waals surface area contributed by atoms with E-state index >= 15 is 0 Å². The van der Waals surface area contributed by atoms with E-state index < -0.39 is 18.5 Å². The topological polar surface area (TPSA) is 102 Å². The van der Waals surface area contributed by atoms with Crippen LogP contribution in [0.5, 0.6) is 0 Å². The van der Waals surface area contributed by atoms with Crippen LogP contribution in [0.15, 0.2) is 18.2 Å². The van der Waals surface area contributed by atoms with Crippen molar-refractivity contribution in [1.82, 2.24) is 10.6 Å². The average Bonchev–Trinajstić information content (AvgIpc) is 2.72. The summed E-state index contributed by atoms with van der Waals surface area (Å²) in [5, 5.41) is 4.99. The van der Waals surface area contributed by atoms with E-state index in [1.807, 2.05) is 25.1 Å². The SMILES string of the molecule is CCCNC(=O)CNC(=O)COC(=O)CCC(=O)c1ccc2c(c1)CCCC2. The maximum atomic E-state index is 12.3. The summed E-state index contributed by atoms with van der Waals surface area (Å²) in [6, 6.07) is 5.75. The highest BCUT2D eigenvalue weighted by atomic mass is 16.5. The number of ketones is 1. The molecule has 1 aliphatic rings. The molecule has 2 rings (SSSR count). The van der Waals surface area contributed by atoms with Gasteiger partial charge in [-0.05, 0) is 49.3 Å². The normalized spacial score (nSPS) is 12.6. The lowest BCUT2D eigenvalue weighted by Crippen LogP contribution is -2.38. The maximum Gasteiger partial charge on any atom is 0.306 e. The number of esters is 1. The minimum absolute atomic E-state index is 0.0403. The summed E-state index contributed by atoms with van der Waals surface area (Å²) in [7, 11) is 0. The third kappa shape index (κ3) is 7.13. The van der Waals surface area contributed by atoms with Crippen molar-refractivity contribution in [3.8, 4) is 0 Å². The molecule has 1 aliphatic carbocycles. The van der Waals surface area contributed by atoms with Crippen molar-refractivity contribution in [1.29, 1.82) is 0 Å². The van der Waals surface area contributed by atoms with Crippen LogP contribution in [0.4, 0.5) is 0 Å². The first-order chi connectivity index (χ1) is 13.5. The van der Waals surface area contributed by atoms with Gasteiger partial charge in [-0.1, -0.05) is 19.1 Å². The maximum absolute atomic E-state index is 12.3. The first kappa shape index (κ1) is 21.6. The van der Waals surface area contributed by atoms with Crippen LogP contribution in [0.3, 0.4) is 0 Å². The smallest absolute Gasteiger partial charge is 0.306 e. The fraction of sp³-hybridized carbons (Fsp3) is 0.524. The fourth-order valence-electron chi connectivity index (χ4n) is 3.04. The number of fused-ring (bicyclic) bond motifs is 1. The summed E-state index contributed by atoms with van der Waals surface area (Å²) in [5.74, 6) is -1.57. The third-order valence-electron chi connectivity index (χ3n) is 4.61. The zero-order valence-corrected chi connectivity index (χ0v) is 16.3.